The van der Waals surface area contributed by atoms with Crippen LogP contribution in [0.25, 0.3) is 0 Å². The van der Waals surface area contributed by atoms with E-state index in [1.54, 1.807) is 0 Å². The van der Waals surface area contributed by atoms with Gasteiger partial charge in [0.25, 0.3) is 0 Å². The van der Waals surface area contributed by atoms with Crippen molar-refractivity contribution >= 4 is 5.78 Å². The number of ketones is 1. The standard InChI is InChI=1S/C17H28N2O/c1-4-6-15-7-5-9-19(10-8-15)12-17(20)16-11-13(2)18-14(16)3/h11,15,18H,4-10,12H2,1-3H3. The van der Waals surface area contributed by atoms with Gasteiger partial charge in [-0.25, -0.2) is 0 Å². The summed E-state index contributed by atoms with van der Waals surface area (Å²) in [6.07, 6.45) is 6.46. The first-order chi connectivity index (χ1) is 9.60. The van der Waals surface area contributed by atoms with Crippen LogP contribution in [0.4, 0.5) is 0 Å². The molecule has 1 N–H and O–H groups in total. The topological polar surface area (TPSA) is 36.1 Å². The Labute approximate surface area is 122 Å². The fourth-order valence-corrected chi connectivity index (χ4v) is 3.38. The van der Waals surface area contributed by atoms with E-state index in [0.717, 1.165) is 36.0 Å². The van der Waals surface area contributed by atoms with Crippen LogP contribution in [0.1, 0.15) is 60.8 Å². The number of likely N-dealkylation sites (tertiary alicyclic amines) is 1. The Balaban J connectivity index is 1.90. The summed E-state index contributed by atoms with van der Waals surface area (Å²) >= 11 is 0. The van der Waals surface area contributed by atoms with Gasteiger partial charge in [-0.15, -0.1) is 0 Å². The van der Waals surface area contributed by atoms with Crippen LogP contribution in [0.2, 0.25) is 0 Å². The molecule has 0 saturated carbocycles. The van der Waals surface area contributed by atoms with Crippen molar-refractivity contribution in [3.63, 3.8) is 0 Å². The summed E-state index contributed by atoms with van der Waals surface area (Å²) in [5.74, 6) is 1.14. The van der Waals surface area contributed by atoms with E-state index in [1.807, 2.05) is 19.9 Å². The van der Waals surface area contributed by atoms with Crippen LogP contribution in [0.5, 0.6) is 0 Å². The van der Waals surface area contributed by atoms with E-state index in [0.29, 0.717) is 6.54 Å². The van der Waals surface area contributed by atoms with E-state index >= 15 is 0 Å². The molecule has 0 aliphatic carbocycles. The van der Waals surface area contributed by atoms with E-state index < -0.39 is 0 Å². The number of aromatic amines is 1. The molecular weight excluding hydrogens is 248 g/mol. The maximum absolute atomic E-state index is 12.4. The van der Waals surface area contributed by atoms with Gasteiger partial charge in [-0.1, -0.05) is 19.8 Å². The van der Waals surface area contributed by atoms with Crippen LogP contribution >= 0.6 is 0 Å². The van der Waals surface area contributed by atoms with Gasteiger partial charge in [0.1, 0.15) is 0 Å². The average Bonchev–Trinajstić information content (AvgIpc) is 2.60. The number of rotatable bonds is 5. The van der Waals surface area contributed by atoms with Gasteiger partial charge in [0, 0.05) is 17.0 Å². The molecule has 0 aromatic carbocycles. The maximum atomic E-state index is 12.4. The fraction of sp³-hybridized carbons (Fsp3) is 0.706. The first-order valence-corrected chi connectivity index (χ1v) is 8.02. The number of H-pyrrole nitrogens is 1. The molecule has 0 bridgehead atoms. The van der Waals surface area contributed by atoms with Crippen molar-refractivity contribution in [1.29, 1.82) is 0 Å². The first-order valence-electron chi connectivity index (χ1n) is 8.02. The van der Waals surface area contributed by atoms with Gasteiger partial charge in [-0.2, -0.15) is 0 Å². The molecule has 3 heteroatoms. The van der Waals surface area contributed by atoms with Gasteiger partial charge in [0.05, 0.1) is 6.54 Å². The number of nitrogens with one attached hydrogen (secondary N) is 1. The summed E-state index contributed by atoms with van der Waals surface area (Å²) in [6, 6.07) is 1.98. The minimum absolute atomic E-state index is 0.265. The predicted octanol–water partition coefficient (Wildman–Crippen LogP) is 3.72. The minimum atomic E-state index is 0.265. The average molecular weight is 276 g/mol. The Morgan fingerprint density at radius 1 is 1.35 bits per heavy atom. The second kappa shape index (κ2) is 7.07. The largest absolute Gasteiger partial charge is 0.362 e. The Morgan fingerprint density at radius 3 is 2.80 bits per heavy atom. The molecule has 1 fully saturated rings. The van der Waals surface area contributed by atoms with Gasteiger partial charge in [0.15, 0.2) is 5.78 Å². The van der Waals surface area contributed by atoms with Crippen molar-refractivity contribution in [3.8, 4) is 0 Å². The van der Waals surface area contributed by atoms with Crippen LogP contribution in [0, 0.1) is 19.8 Å². The summed E-state index contributed by atoms with van der Waals surface area (Å²) in [5.41, 5.74) is 2.95. The Morgan fingerprint density at radius 2 is 2.15 bits per heavy atom. The molecule has 1 aliphatic heterocycles. The number of hydrogen-bond donors (Lipinski definition) is 1. The lowest BCUT2D eigenvalue weighted by Gasteiger charge is -2.19. The third kappa shape index (κ3) is 3.95. The zero-order valence-corrected chi connectivity index (χ0v) is 13.2. The predicted molar refractivity (Wildman–Crippen MR) is 83.3 cm³/mol. The fourth-order valence-electron chi connectivity index (χ4n) is 3.38. The first kappa shape index (κ1) is 15.3. The van der Waals surface area contributed by atoms with Gasteiger partial charge >= 0.3 is 0 Å². The minimum Gasteiger partial charge on any atom is -0.362 e. The SMILES string of the molecule is CCCC1CCCN(CC(=O)c2cc(C)[nH]c2C)CC1. The zero-order valence-electron chi connectivity index (χ0n) is 13.2. The number of carbonyl (C=O) groups is 1. The van der Waals surface area contributed by atoms with Crippen LogP contribution in [0.3, 0.4) is 0 Å². The van der Waals surface area contributed by atoms with Crippen molar-refractivity contribution in [2.24, 2.45) is 5.92 Å². The number of carbonyl (C=O) groups excluding carboxylic acids is 1. The molecule has 0 amide bonds. The Kier molecular flexibility index (Phi) is 5.41. The monoisotopic (exact) mass is 276 g/mol. The van der Waals surface area contributed by atoms with Gasteiger partial charge in [0.2, 0.25) is 0 Å². The van der Waals surface area contributed by atoms with Gasteiger partial charge < -0.3 is 4.98 Å². The Bertz CT molecular complexity index is 450. The van der Waals surface area contributed by atoms with E-state index in [9.17, 15) is 4.79 Å². The summed E-state index contributed by atoms with van der Waals surface area (Å²) < 4.78 is 0. The smallest absolute Gasteiger partial charge is 0.178 e. The molecule has 112 valence electrons. The molecule has 0 radical (unpaired) electrons. The lowest BCUT2D eigenvalue weighted by molar-refractivity contribution is 0.0931. The molecule has 1 saturated heterocycles. The highest BCUT2D eigenvalue weighted by molar-refractivity contribution is 5.98. The molecule has 1 aliphatic rings. The van der Waals surface area contributed by atoms with Crippen molar-refractivity contribution < 1.29 is 4.79 Å². The molecule has 20 heavy (non-hydrogen) atoms. The van der Waals surface area contributed by atoms with Crippen LogP contribution in [-0.4, -0.2) is 35.3 Å². The number of hydrogen-bond acceptors (Lipinski definition) is 2. The van der Waals surface area contributed by atoms with Crippen LogP contribution in [-0.2, 0) is 0 Å². The lowest BCUT2D eigenvalue weighted by atomic mass is 9.96. The highest BCUT2D eigenvalue weighted by Crippen LogP contribution is 2.22. The lowest BCUT2D eigenvalue weighted by Crippen LogP contribution is -2.31. The molecule has 1 aromatic heterocycles. The summed E-state index contributed by atoms with van der Waals surface area (Å²) in [7, 11) is 0. The third-order valence-electron chi connectivity index (χ3n) is 4.45. The third-order valence-corrected chi connectivity index (χ3v) is 4.45. The van der Waals surface area contributed by atoms with Crippen molar-refractivity contribution in [3.05, 3.63) is 23.0 Å². The molecule has 2 heterocycles. The van der Waals surface area contributed by atoms with Crippen LogP contribution in [0.15, 0.2) is 6.07 Å². The second-order valence-electron chi connectivity index (χ2n) is 6.28. The maximum Gasteiger partial charge on any atom is 0.178 e. The molecule has 3 nitrogen and oxygen atoms in total. The number of Topliss-reactive ketones (excluding diaryl/α,β-unsaturated/α-hetero) is 1. The van der Waals surface area contributed by atoms with E-state index in [1.165, 1.54) is 32.1 Å². The molecular formula is C17H28N2O. The van der Waals surface area contributed by atoms with Gasteiger partial charge in [-0.3, -0.25) is 9.69 Å². The summed E-state index contributed by atoms with van der Waals surface area (Å²) in [4.78, 5) is 18.0. The molecule has 1 aromatic rings. The van der Waals surface area contributed by atoms with E-state index in [-0.39, 0.29) is 5.78 Å². The second-order valence-corrected chi connectivity index (χ2v) is 6.28. The summed E-state index contributed by atoms with van der Waals surface area (Å²) in [6.45, 7) is 9.00. The van der Waals surface area contributed by atoms with Crippen LogP contribution < -0.4 is 0 Å². The number of nitrogens with zero attached hydrogens (tertiary/aromatic N) is 1. The number of aryl methyl sites for hydroxylation is 2. The highest BCUT2D eigenvalue weighted by Gasteiger charge is 2.20. The van der Waals surface area contributed by atoms with Crippen molar-refractivity contribution in [2.75, 3.05) is 19.6 Å². The Hall–Kier alpha value is -1.09. The van der Waals surface area contributed by atoms with Crippen molar-refractivity contribution in [1.82, 2.24) is 9.88 Å². The summed E-state index contributed by atoms with van der Waals surface area (Å²) in [5, 5.41) is 0. The highest BCUT2D eigenvalue weighted by atomic mass is 16.1. The zero-order chi connectivity index (χ0) is 14.5. The molecule has 0 spiro atoms. The number of aromatic nitrogens is 1. The molecule has 2 rings (SSSR count). The molecule has 1 atom stereocenters. The van der Waals surface area contributed by atoms with E-state index in [4.69, 9.17) is 0 Å². The van der Waals surface area contributed by atoms with Crippen molar-refractivity contribution in [2.45, 2.75) is 52.9 Å². The van der Waals surface area contributed by atoms with E-state index in [2.05, 4.69) is 16.8 Å². The normalized spacial score (nSPS) is 20.9. The molecule has 1 unspecified atom stereocenters. The quantitative estimate of drug-likeness (QED) is 0.832. The van der Waals surface area contributed by atoms with Gasteiger partial charge in [-0.05, 0) is 58.2 Å².